The van der Waals surface area contributed by atoms with Crippen LogP contribution < -0.4 is 0 Å². The normalized spacial score (nSPS) is 13.2. The van der Waals surface area contributed by atoms with Crippen molar-refractivity contribution < 1.29 is 17.6 Å². The summed E-state index contributed by atoms with van der Waals surface area (Å²) in [5.74, 6) is -2.79. The van der Waals surface area contributed by atoms with E-state index in [1.54, 1.807) is 19.1 Å². The highest BCUT2D eigenvalue weighted by molar-refractivity contribution is 5.74. The summed E-state index contributed by atoms with van der Waals surface area (Å²) in [4.78, 5) is 0. The summed E-state index contributed by atoms with van der Waals surface area (Å²) in [5, 5.41) is 0. The van der Waals surface area contributed by atoms with E-state index in [4.69, 9.17) is 0 Å². The van der Waals surface area contributed by atoms with Crippen molar-refractivity contribution in [2.75, 3.05) is 0 Å². The van der Waals surface area contributed by atoms with Crippen LogP contribution in [0.15, 0.2) is 48.5 Å². The molecule has 0 saturated carbocycles. The molecule has 0 N–H and O–H groups in total. The van der Waals surface area contributed by atoms with Gasteiger partial charge in [0, 0.05) is 16.7 Å². The van der Waals surface area contributed by atoms with E-state index in [1.807, 2.05) is 19.1 Å². The molecule has 0 unspecified atom stereocenters. The SMILES string of the molecule is CCc1ccc(C2=CCc3c(ccc(-c4ccc(CC)c(F)c4F)c3F)C2)c(F)c1. The number of rotatable bonds is 4. The summed E-state index contributed by atoms with van der Waals surface area (Å²) in [5.41, 5.74) is 3.65. The quantitative estimate of drug-likeness (QED) is 0.399. The average Bonchev–Trinajstić information content (AvgIpc) is 2.76. The molecule has 0 radical (unpaired) electrons. The number of fused-ring (bicyclic) bond motifs is 1. The van der Waals surface area contributed by atoms with Crippen molar-refractivity contribution >= 4 is 5.57 Å². The van der Waals surface area contributed by atoms with Gasteiger partial charge < -0.3 is 0 Å². The van der Waals surface area contributed by atoms with E-state index in [0.29, 0.717) is 24.0 Å². The van der Waals surface area contributed by atoms with Crippen LogP contribution in [0.4, 0.5) is 17.6 Å². The Morgan fingerprint density at radius 3 is 2.13 bits per heavy atom. The van der Waals surface area contributed by atoms with Crippen LogP contribution in [0, 0.1) is 23.3 Å². The highest BCUT2D eigenvalue weighted by Gasteiger charge is 2.23. The number of halogens is 4. The van der Waals surface area contributed by atoms with Gasteiger partial charge in [-0.05, 0) is 59.6 Å². The van der Waals surface area contributed by atoms with Gasteiger partial charge in [0.1, 0.15) is 11.6 Å². The van der Waals surface area contributed by atoms with E-state index in [9.17, 15) is 13.2 Å². The molecule has 1 aliphatic rings. The zero-order chi connectivity index (χ0) is 21.4. The van der Waals surface area contributed by atoms with Crippen LogP contribution in [-0.4, -0.2) is 0 Å². The zero-order valence-corrected chi connectivity index (χ0v) is 17.0. The van der Waals surface area contributed by atoms with Crippen LogP contribution in [-0.2, 0) is 25.7 Å². The summed E-state index contributed by atoms with van der Waals surface area (Å²) >= 11 is 0. The first-order valence-corrected chi connectivity index (χ1v) is 10.2. The minimum absolute atomic E-state index is 0.0446. The Morgan fingerprint density at radius 2 is 1.43 bits per heavy atom. The third-order valence-electron chi connectivity index (χ3n) is 5.89. The molecule has 4 heteroatoms. The molecule has 0 heterocycles. The van der Waals surface area contributed by atoms with Crippen molar-refractivity contribution in [3.63, 3.8) is 0 Å². The van der Waals surface area contributed by atoms with Crippen LogP contribution in [0.5, 0.6) is 0 Å². The second-order valence-electron chi connectivity index (χ2n) is 7.60. The van der Waals surface area contributed by atoms with Crippen LogP contribution in [0.1, 0.15) is 41.7 Å². The van der Waals surface area contributed by atoms with Crippen molar-refractivity contribution in [2.24, 2.45) is 0 Å². The maximum atomic E-state index is 15.2. The standard InChI is InChI=1S/C26H22F4/c1-3-15-5-9-19(23(27)13-15)17-7-10-20-18(14-17)8-12-21(25(20)29)22-11-6-16(4-2)24(28)26(22)30/h5-9,11-13H,3-4,10,14H2,1-2H3. The molecular weight excluding hydrogens is 388 g/mol. The molecule has 0 saturated heterocycles. The zero-order valence-electron chi connectivity index (χ0n) is 17.0. The molecule has 154 valence electrons. The Labute approximate surface area is 173 Å². The Balaban J connectivity index is 1.71. The lowest BCUT2D eigenvalue weighted by Crippen LogP contribution is -2.08. The topological polar surface area (TPSA) is 0 Å². The molecule has 0 spiro atoms. The van der Waals surface area contributed by atoms with E-state index >= 15 is 4.39 Å². The largest absolute Gasteiger partial charge is 0.206 e. The van der Waals surface area contributed by atoms with Gasteiger partial charge in [-0.25, -0.2) is 17.6 Å². The lowest BCUT2D eigenvalue weighted by Gasteiger charge is -2.20. The number of allylic oxidation sites excluding steroid dienone is 2. The second-order valence-corrected chi connectivity index (χ2v) is 7.60. The lowest BCUT2D eigenvalue weighted by atomic mass is 9.85. The van der Waals surface area contributed by atoms with E-state index in [-0.39, 0.29) is 28.9 Å². The fraction of sp³-hybridized carbons (Fsp3) is 0.231. The van der Waals surface area contributed by atoms with Gasteiger partial charge in [0.15, 0.2) is 11.6 Å². The molecule has 1 aliphatic carbocycles. The molecule has 0 aliphatic heterocycles. The monoisotopic (exact) mass is 410 g/mol. The molecule has 0 nitrogen and oxygen atoms in total. The van der Waals surface area contributed by atoms with Gasteiger partial charge in [0.25, 0.3) is 0 Å². The molecule has 0 fully saturated rings. The number of hydrogen-bond donors (Lipinski definition) is 0. The van der Waals surface area contributed by atoms with Gasteiger partial charge in [-0.2, -0.15) is 0 Å². The fourth-order valence-electron chi connectivity index (χ4n) is 4.07. The first-order valence-electron chi connectivity index (χ1n) is 10.2. The van der Waals surface area contributed by atoms with Crippen molar-refractivity contribution in [3.8, 4) is 11.1 Å². The van der Waals surface area contributed by atoms with Crippen molar-refractivity contribution in [2.45, 2.75) is 39.5 Å². The van der Waals surface area contributed by atoms with E-state index in [2.05, 4.69) is 0 Å². The van der Waals surface area contributed by atoms with Gasteiger partial charge in [0.05, 0.1) is 0 Å². The number of benzene rings is 3. The average molecular weight is 410 g/mol. The lowest BCUT2D eigenvalue weighted by molar-refractivity contribution is 0.501. The first kappa shape index (κ1) is 20.4. The summed E-state index contributed by atoms with van der Waals surface area (Å²) in [7, 11) is 0. The Morgan fingerprint density at radius 1 is 0.733 bits per heavy atom. The molecule has 30 heavy (non-hydrogen) atoms. The third kappa shape index (κ3) is 3.45. The van der Waals surface area contributed by atoms with Crippen molar-refractivity contribution in [1.82, 2.24) is 0 Å². The third-order valence-corrected chi connectivity index (χ3v) is 5.89. The minimum Gasteiger partial charge on any atom is -0.206 e. The molecule has 4 rings (SSSR count). The minimum atomic E-state index is -1.03. The fourth-order valence-corrected chi connectivity index (χ4v) is 4.07. The highest BCUT2D eigenvalue weighted by atomic mass is 19.2. The van der Waals surface area contributed by atoms with Gasteiger partial charge in [-0.15, -0.1) is 0 Å². The number of hydrogen-bond acceptors (Lipinski definition) is 0. The van der Waals surface area contributed by atoms with Gasteiger partial charge in [-0.1, -0.05) is 56.3 Å². The van der Waals surface area contributed by atoms with Crippen LogP contribution in [0.25, 0.3) is 16.7 Å². The van der Waals surface area contributed by atoms with E-state index < -0.39 is 17.5 Å². The van der Waals surface area contributed by atoms with Crippen LogP contribution >= 0.6 is 0 Å². The number of aryl methyl sites for hydroxylation is 2. The summed E-state index contributed by atoms with van der Waals surface area (Å²) in [6.45, 7) is 3.70. The van der Waals surface area contributed by atoms with Crippen molar-refractivity contribution in [3.05, 3.63) is 99.6 Å². The van der Waals surface area contributed by atoms with E-state index in [0.717, 1.165) is 23.1 Å². The molecule has 3 aromatic rings. The molecule has 0 bridgehead atoms. The van der Waals surface area contributed by atoms with E-state index in [1.165, 1.54) is 24.3 Å². The van der Waals surface area contributed by atoms with Crippen LogP contribution in [0.2, 0.25) is 0 Å². The molecule has 0 amide bonds. The maximum absolute atomic E-state index is 15.2. The first-order chi connectivity index (χ1) is 14.4. The second kappa shape index (κ2) is 8.10. The van der Waals surface area contributed by atoms with Crippen LogP contribution in [0.3, 0.4) is 0 Å². The molecule has 3 aromatic carbocycles. The predicted molar refractivity (Wildman–Crippen MR) is 112 cm³/mol. The van der Waals surface area contributed by atoms with Gasteiger partial charge >= 0.3 is 0 Å². The summed E-state index contributed by atoms with van der Waals surface area (Å²) in [6, 6.07) is 11.3. The maximum Gasteiger partial charge on any atom is 0.167 e. The molecular formula is C26H22F4. The summed E-state index contributed by atoms with van der Waals surface area (Å²) < 4.78 is 58.5. The smallest absolute Gasteiger partial charge is 0.167 e. The predicted octanol–water partition coefficient (Wildman–Crippen LogP) is 7.22. The van der Waals surface area contributed by atoms with Crippen molar-refractivity contribution in [1.29, 1.82) is 0 Å². The van der Waals surface area contributed by atoms with Gasteiger partial charge in [0.2, 0.25) is 0 Å². The van der Waals surface area contributed by atoms with Gasteiger partial charge in [-0.3, -0.25) is 0 Å². The Kier molecular flexibility index (Phi) is 5.50. The Bertz CT molecular complexity index is 1160. The highest BCUT2D eigenvalue weighted by Crippen LogP contribution is 2.36. The Hall–Kier alpha value is -2.88. The summed E-state index contributed by atoms with van der Waals surface area (Å²) in [6.07, 6.45) is 3.59. The molecule has 0 aromatic heterocycles. The molecule has 0 atom stereocenters.